The monoisotopic (exact) mass is 392 g/mol. The van der Waals surface area contributed by atoms with Crippen molar-refractivity contribution in [3.8, 4) is 6.07 Å². The third kappa shape index (κ3) is 4.48. The number of nitrogens with zero attached hydrogens (tertiary/aromatic N) is 5. The van der Waals surface area contributed by atoms with Crippen LogP contribution in [-0.4, -0.2) is 64.4 Å². The molecule has 2 heterocycles. The fourth-order valence-corrected chi connectivity index (χ4v) is 4.50. The molecule has 7 heteroatoms. The van der Waals surface area contributed by atoms with Crippen molar-refractivity contribution in [1.29, 1.82) is 5.26 Å². The Morgan fingerprint density at radius 3 is 2.72 bits per heavy atom. The van der Waals surface area contributed by atoms with E-state index in [1.807, 2.05) is 17.0 Å². The van der Waals surface area contributed by atoms with Gasteiger partial charge in [-0.25, -0.2) is 9.97 Å². The Balaban J connectivity index is 1.34. The number of carbonyl (C=O) groups is 1. The first-order valence-electron chi connectivity index (χ1n) is 10.5. The molecule has 1 aromatic heterocycles. The Hall–Kier alpha value is -2.72. The zero-order valence-electron chi connectivity index (χ0n) is 17.0. The van der Waals surface area contributed by atoms with Crippen molar-refractivity contribution in [3.63, 3.8) is 0 Å². The summed E-state index contributed by atoms with van der Waals surface area (Å²) in [4.78, 5) is 25.4. The molecule has 0 atom stereocenters. The van der Waals surface area contributed by atoms with Gasteiger partial charge < -0.3 is 10.2 Å². The van der Waals surface area contributed by atoms with Gasteiger partial charge in [-0.2, -0.15) is 5.26 Å². The van der Waals surface area contributed by atoms with Crippen LogP contribution in [0.3, 0.4) is 0 Å². The van der Waals surface area contributed by atoms with E-state index >= 15 is 0 Å². The summed E-state index contributed by atoms with van der Waals surface area (Å²) in [5, 5.41) is 13.6. The lowest BCUT2D eigenvalue weighted by Crippen LogP contribution is -2.44. The molecule has 0 bridgehead atoms. The molecule has 2 fully saturated rings. The molecule has 0 unspecified atom stereocenters. The van der Waals surface area contributed by atoms with Gasteiger partial charge in [-0.15, -0.1) is 0 Å². The van der Waals surface area contributed by atoms with Crippen LogP contribution in [0.15, 0.2) is 24.5 Å². The first-order chi connectivity index (χ1) is 14.1. The number of aromatic nitrogens is 2. The highest BCUT2D eigenvalue weighted by Crippen LogP contribution is 2.27. The third-order valence-electron chi connectivity index (χ3n) is 6.27. The molecule has 1 saturated heterocycles. The van der Waals surface area contributed by atoms with Gasteiger partial charge in [0, 0.05) is 30.6 Å². The summed E-state index contributed by atoms with van der Waals surface area (Å²) in [6.07, 6.45) is 8.05. The maximum Gasteiger partial charge on any atom is 0.236 e. The van der Waals surface area contributed by atoms with Crippen LogP contribution in [0.25, 0.3) is 10.9 Å². The van der Waals surface area contributed by atoms with Gasteiger partial charge in [-0.1, -0.05) is 0 Å². The molecule has 152 valence electrons. The van der Waals surface area contributed by atoms with Gasteiger partial charge in [0.2, 0.25) is 5.91 Å². The number of carbonyl (C=O) groups excluding carboxylic acids is 1. The topological polar surface area (TPSA) is 85.2 Å². The van der Waals surface area contributed by atoms with Crippen LogP contribution >= 0.6 is 0 Å². The Morgan fingerprint density at radius 2 is 2.00 bits per heavy atom. The van der Waals surface area contributed by atoms with Crippen LogP contribution in [0.2, 0.25) is 0 Å². The van der Waals surface area contributed by atoms with Crippen LogP contribution < -0.4 is 5.32 Å². The summed E-state index contributed by atoms with van der Waals surface area (Å²) in [7, 11) is 2.08. The number of rotatable bonds is 5. The molecule has 2 aromatic rings. The molecule has 1 aliphatic carbocycles. The third-order valence-corrected chi connectivity index (χ3v) is 6.27. The minimum absolute atomic E-state index is 0.269. The first-order valence-corrected chi connectivity index (χ1v) is 10.5. The normalized spacial score (nSPS) is 22.0. The lowest BCUT2D eigenvalue weighted by atomic mass is 9.90. The van der Waals surface area contributed by atoms with Gasteiger partial charge in [0.25, 0.3) is 0 Å². The SMILES string of the molecule is CN(CC(=O)N1CCCC1)C1CCC(Nc2ncnc3ccc(C#N)cc23)CC1. The summed E-state index contributed by atoms with van der Waals surface area (Å²) in [6.45, 7) is 2.36. The van der Waals surface area contributed by atoms with E-state index < -0.39 is 0 Å². The summed E-state index contributed by atoms with van der Waals surface area (Å²) >= 11 is 0. The second kappa shape index (κ2) is 8.75. The lowest BCUT2D eigenvalue weighted by Gasteiger charge is -2.35. The van der Waals surface area contributed by atoms with E-state index in [0.717, 1.165) is 68.3 Å². The molecular formula is C22H28N6O. The van der Waals surface area contributed by atoms with Gasteiger partial charge in [0.05, 0.1) is 23.7 Å². The number of benzene rings is 1. The van der Waals surface area contributed by atoms with E-state index in [9.17, 15) is 10.1 Å². The number of nitrogens with one attached hydrogen (secondary N) is 1. The molecule has 1 amide bonds. The molecule has 29 heavy (non-hydrogen) atoms. The summed E-state index contributed by atoms with van der Waals surface area (Å²) in [5.41, 5.74) is 1.46. The fourth-order valence-electron chi connectivity index (χ4n) is 4.50. The van der Waals surface area contributed by atoms with Gasteiger partial charge in [-0.3, -0.25) is 9.69 Å². The van der Waals surface area contributed by atoms with Crippen molar-refractivity contribution in [2.75, 3.05) is 32.0 Å². The summed E-state index contributed by atoms with van der Waals surface area (Å²) in [6, 6.07) is 8.47. The molecule has 1 saturated carbocycles. The van der Waals surface area contributed by atoms with E-state index in [1.165, 1.54) is 0 Å². The molecule has 0 spiro atoms. The molecule has 7 nitrogen and oxygen atoms in total. The van der Waals surface area contributed by atoms with Crippen molar-refractivity contribution in [3.05, 3.63) is 30.1 Å². The molecule has 4 rings (SSSR count). The highest BCUT2D eigenvalue weighted by Gasteiger charge is 2.27. The smallest absolute Gasteiger partial charge is 0.236 e. The van der Waals surface area contributed by atoms with E-state index in [-0.39, 0.29) is 5.91 Å². The van der Waals surface area contributed by atoms with Gasteiger partial charge in [-0.05, 0) is 63.8 Å². The van der Waals surface area contributed by atoms with E-state index in [0.29, 0.717) is 24.2 Å². The first kappa shape index (κ1) is 19.6. The van der Waals surface area contributed by atoms with Crippen LogP contribution in [0.5, 0.6) is 0 Å². The number of hydrogen-bond acceptors (Lipinski definition) is 6. The average molecular weight is 393 g/mol. The zero-order chi connectivity index (χ0) is 20.2. The standard InChI is InChI=1S/C22H28N6O/c1-27(14-21(29)28-10-2-3-11-28)18-7-5-17(6-8-18)26-22-19-12-16(13-23)4-9-20(19)24-15-25-22/h4,9,12,15,17-18H,2-3,5-8,10-11,14H2,1H3,(H,24,25,26). The Labute approximate surface area is 171 Å². The molecule has 1 aromatic carbocycles. The average Bonchev–Trinajstić information content (AvgIpc) is 3.29. The molecule has 0 radical (unpaired) electrons. The van der Waals surface area contributed by atoms with E-state index in [1.54, 1.807) is 12.4 Å². The number of likely N-dealkylation sites (tertiary alicyclic amines) is 1. The highest BCUT2D eigenvalue weighted by molar-refractivity contribution is 5.89. The predicted molar refractivity (Wildman–Crippen MR) is 112 cm³/mol. The second-order valence-corrected chi connectivity index (χ2v) is 8.22. The van der Waals surface area contributed by atoms with Crippen LogP contribution in [0, 0.1) is 11.3 Å². The molecule has 2 aliphatic rings. The summed E-state index contributed by atoms with van der Waals surface area (Å²) in [5.74, 6) is 1.07. The van der Waals surface area contributed by atoms with Crippen molar-refractivity contribution in [2.45, 2.75) is 50.6 Å². The van der Waals surface area contributed by atoms with E-state index in [2.05, 4.69) is 33.3 Å². The zero-order valence-corrected chi connectivity index (χ0v) is 17.0. The quantitative estimate of drug-likeness (QED) is 0.842. The number of anilines is 1. The maximum absolute atomic E-state index is 12.4. The van der Waals surface area contributed by atoms with Crippen molar-refractivity contribution in [2.24, 2.45) is 0 Å². The minimum atomic E-state index is 0.269. The number of nitriles is 1. The summed E-state index contributed by atoms with van der Waals surface area (Å²) < 4.78 is 0. The number of hydrogen-bond donors (Lipinski definition) is 1. The van der Waals surface area contributed by atoms with Crippen LogP contribution in [0.4, 0.5) is 5.82 Å². The largest absolute Gasteiger partial charge is 0.367 e. The van der Waals surface area contributed by atoms with E-state index in [4.69, 9.17) is 0 Å². The predicted octanol–water partition coefficient (Wildman–Crippen LogP) is 2.78. The number of fused-ring (bicyclic) bond motifs is 1. The molecular weight excluding hydrogens is 364 g/mol. The second-order valence-electron chi connectivity index (χ2n) is 8.22. The van der Waals surface area contributed by atoms with Gasteiger partial charge in [0.1, 0.15) is 12.1 Å². The molecule has 1 aliphatic heterocycles. The highest BCUT2D eigenvalue weighted by atomic mass is 16.2. The van der Waals surface area contributed by atoms with Crippen molar-refractivity contribution < 1.29 is 4.79 Å². The molecule has 1 N–H and O–H groups in total. The Kier molecular flexibility index (Phi) is 5.91. The maximum atomic E-state index is 12.4. The Morgan fingerprint density at radius 1 is 1.24 bits per heavy atom. The number of likely N-dealkylation sites (N-methyl/N-ethyl adjacent to an activating group) is 1. The van der Waals surface area contributed by atoms with Gasteiger partial charge in [0.15, 0.2) is 0 Å². The van der Waals surface area contributed by atoms with Gasteiger partial charge >= 0.3 is 0 Å². The fraction of sp³-hybridized carbons (Fsp3) is 0.545. The van der Waals surface area contributed by atoms with Crippen molar-refractivity contribution >= 4 is 22.6 Å². The van der Waals surface area contributed by atoms with Crippen LogP contribution in [0.1, 0.15) is 44.1 Å². The van der Waals surface area contributed by atoms with Crippen LogP contribution in [-0.2, 0) is 4.79 Å². The van der Waals surface area contributed by atoms with Crippen molar-refractivity contribution in [1.82, 2.24) is 19.8 Å². The minimum Gasteiger partial charge on any atom is -0.367 e. The lowest BCUT2D eigenvalue weighted by molar-refractivity contribution is -0.131. The number of amides is 1. The Bertz CT molecular complexity index is 909.